The zero-order chi connectivity index (χ0) is 13.9. The molecule has 0 saturated carbocycles. The number of hydrogen-bond donors (Lipinski definition) is 0. The SMILES string of the molecule is Cc1ccc(CCN(C)C(=O)C(F)(F)F)cc1C. The summed E-state index contributed by atoms with van der Waals surface area (Å²) >= 11 is 0. The number of hydrogen-bond acceptors (Lipinski definition) is 1. The first-order valence-electron chi connectivity index (χ1n) is 5.60. The summed E-state index contributed by atoms with van der Waals surface area (Å²) in [6.07, 6.45) is -4.38. The highest BCUT2D eigenvalue weighted by Gasteiger charge is 2.40. The number of alkyl halides is 3. The highest BCUT2D eigenvalue weighted by molar-refractivity contribution is 5.81. The van der Waals surface area contributed by atoms with Gasteiger partial charge in [-0.25, -0.2) is 0 Å². The van der Waals surface area contributed by atoms with Gasteiger partial charge in [0, 0.05) is 13.6 Å². The molecule has 1 aromatic carbocycles. The molecule has 0 saturated heterocycles. The lowest BCUT2D eigenvalue weighted by molar-refractivity contribution is -0.184. The zero-order valence-electron chi connectivity index (χ0n) is 10.6. The number of halogens is 3. The lowest BCUT2D eigenvalue weighted by Crippen LogP contribution is -2.39. The maximum absolute atomic E-state index is 12.2. The van der Waals surface area contributed by atoms with Crippen LogP contribution in [0.2, 0.25) is 0 Å². The standard InChI is InChI=1S/C13H16F3NO/c1-9-4-5-11(8-10(9)2)6-7-17(3)12(18)13(14,15)16/h4-5,8H,6-7H2,1-3H3. The monoisotopic (exact) mass is 259 g/mol. The van der Waals surface area contributed by atoms with Crippen molar-refractivity contribution in [3.8, 4) is 0 Å². The summed E-state index contributed by atoms with van der Waals surface area (Å²) in [7, 11) is 1.16. The van der Waals surface area contributed by atoms with Gasteiger partial charge in [0.2, 0.25) is 0 Å². The summed E-state index contributed by atoms with van der Waals surface area (Å²) in [6, 6.07) is 5.73. The van der Waals surface area contributed by atoms with Gasteiger partial charge in [-0.05, 0) is 37.0 Å². The quantitative estimate of drug-likeness (QED) is 0.817. The maximum atomic E-state index is 12.2. The number of benzene rings is 1. The number of nitrogens with zero attached hydrogens (tertiary/aromatic N) is 1. The van der Waals surface area contributed by atoms with E-state index in [9.17, 15) is 18.0 Å². The van der Waals surface area contributed by atoms with Gasteiger partial charge in [-0.2, -0.15) is 13.2 Å². The lowest BCUT2D eigenvalue weighted by Gasteiger charge is -2.18. The number of likely N-dealkylation sites (N-methyl/N-ethyl adjacent to an activating group) is 1. The Morgan fingerprint density at radius 1 is 1.22 bits per heavy atom. The van der Waals surface area contributed by atoms with E-state index in [0.29, 0.717) is 11.3 Å². The second-order valence-corrected chi connectivity index (χ2v) is 4.39. The molecular formula is C13H16F3NO. The number of rotatable bonds is 3. The maximum Gasteiger partial charge on any atom is 0.471 e. The average Bonchev–Trinajstić information content (AvgIpc) is 2.28. The molecule has 0 heterocycles. The Hall–Kier alpha value is -1.52. The molecular weight excluding hydrogens is 243 g/mol. The molecule has 0 N–H and O–H groups in total. The van der Waals surface area contributed by atoms with Crippen LogP contribution in [0.1, 0.15) is 16.7 Å². The van der Waals surface area contributed by atoms with E-state index in [-0.39, 0.29) is 6.54 Å². The van der Waals surface area contributed by atoms with Crippen molar-refractivity contribution >= 4 is 5.91 Å². The highest BCUT2D eigenvalue weighted by Crippen LogP contribution is 2.18. The Morgan fingerprint density at radius 2 is 1.83 bits per heavy atom. The third kappa shape index (κ3) is 3.75. The molecule has 0 fully saturated rings. The molecule has 18 heavy (non-hydrogen) atoms. The molecule has 0 aromatic heterocycles. The third-order valence-corrected chi connectivity index (χ3v) is 2.90. The van der Waals surface area contributed by atoms with Crippen molar-refractivity contribution in [1.29, 1.82) is 0 Å². The van der Waals surface area contributed by atoms with Crippen LogP contribution < -0.4 is 0 Å². The number of carbonyl (C=O) groups excluding carboxylic acids is 1. The molecule has 1 amide bonds. The summed E-state index contributed by atoms with van der Waals surface area (Å²) in [5.74, 6) is -1.80. The van der Waals surface area contributed by atoms with Gasteiger partial charge in [-0.1, -0.05) is 18.2 Å². The minimum atomic E-state index is -4.79. The van der Waals surface area contributed by atoms with E-state index in [1.54, 1.807) is 0 Å². The first kappa shape index (κ1) is 14.5. The Kier molecular flexibility index (Phi) is 4.38. The molecule has 2 nitrogen and oxygen atoms in total. The first-order valence-corrected chi connectivity index (χ1v) is 5.60. The largest absolute Gasteiger partial charge is 0.471 e. The summed E-state index contributed by atoms with van der Waals surface area (Å²) in [4.78, 5) is 11.6. The second-order valence-electron chi connectivity index (χ2n) is 4.39. The Balaban J connectivity index is 2.60. The van der Waals surface area contributed by atoms with Crippen LogP contribution in [-0.4, -0.2) is 30.6 Å². The number of aryl methyl sites for hydroxylation is 2. The first-order chi connectivity index (χ1) is 8.21. The van der Waals surface area contributed by atoms with Crippen LogP contribution in [0.25, 0.3) is 0 Å². The van der Waals surface area contributed by atoms with E-state index < -0.39 is 12.1 Å². The fourth-order valence-electron chi connectivity index (χ4n) is 1.57. The molecule has 0 radical (unpaired) electrons. The van der Waals surface area contributed by atoms with Crippen LogP contribution in [-0.2, 0) is 11.2 Å². The van der Waals surface area contributed by atoms with Crippen LogP contribution in [0.5, 0.6) is 0 Å². The second kappa shape index (κ2) is 5.42. The molecule has 0 aliphatic heterocycles. The fraction of sp³-hybridized carbons (Fsp3) is 0.462. The number of carbonyl (C=O) groups is 1. The Labute approximate surface area is 104 Å². The van der Waals surface area contributed by atoms with Crippen molar-refractivity contribution in [2.75, 3.05) is 13.6 Å². The van der Waals surface area contributed by atoms with E-state index in [4.69, 9.17) is 0 Å². The predicted octanol–water partition coefficient (Wildman–Crippen LogP) is 2.87. The van der Waals surface area contributed by atoms with Crippen LogP contribution >= 0.6 is 0 Å². The molecule has 0 aliphatic rings. The minimum Gasteiger partial charge on any atom is -0.338 e. The molecule has 1 rings (SSSR count). The van der Waals surface area contributed by atoms with Gasteiger partial charge >= 0.3 is 12.1 Å². The highest BCUT2D eigenvalue weighted by atomic mass is 19.4. The molecule has 5 heteroatoms. The third-order valence-electron chi connectivity index (χ3n) is 2.90. The molecule has 1 aromatic rings. The van der Waals surface area contributed by atoms with Gasteiger partial charge < -0.3 is 4.90 Å². The van der Waals surface area contributed by atoms with Gasteiger partial charge in [0.15, 0.2) is 0 Å². The normalized spacial score (nSPS) is 11.4. The van der Waals surface area contributed by atoms with Crippen LogP contribution in [0.15, 0.2) is 18.2 Å². The predicted molar refractivity (Wildman–Crippen MR) is 63.3 cm³/mol. The average molecular weight is 259 g/mol. The van der Waals surface area contributed by atoms with E-state index in [0.717, 1.165) is 23.7 Å². The van der Waals surface area contributed by atoms with Crippen LogP contribution in [0.4, 0.5) is 13.2 Å². The smallest absolute Gasteiger partial charge is 0.338 e. The lowest BCUT2D eigenvalue weighted by atomic mass is 10.0. The summed E-state index contributed by atoms with van der Waals surface area (Å²) in [5.41, 5.74) is 3.16. The van der Waals surface area contributed by atoms with Crippen molar-refractivity contribution in [2.45, 2.75) is 26.4 Å². The summed E-state index contributed by atoms with van der Waals surface area (Å²) in [6.45, 7) is 3.97. The van der Waals surface area contributed by atoms with E-state index in [1.165, 1.54) is 0 Å². The molecule has 0 aliphatic carbocycles. The van der Waals surface area contributed by atoms with Crippen molar-refractivity contribution in [3.63, 3.8) is 0 Å². The zero-order valence-corrected chi connectivity index (χ0v) is 10.6. The van der Waals surface area contributed by atoms with Crippen molar-refractivity contribution in [3.05, 3.63) is 34.9 Å². The van der Waals surface area contributed by atoms with Gasteiger partial charge in [-0.15, -0.1) is 0 Å². The van der Waals surface area contributed by atoms with Gasteiger partial charge in [0.25, 0.3) is 0 Å². The van der Waals surface area contributed by atoms with E-state index in [2.05, 4.69) is 0 Å². The van der Waals surface area contributed by atoms with Gasteiger partial charge in [0.1, 0.15) is 0 Å². The van der Waals surface area contributed by atoms with Crippen molar-refractivity contribution in [2.24, 2.45) is 0 Å². The van der Waals surface area contributed by atoms with E-state index in [1.807, 2.05) is 32.0 Å². The van der Waals surface area contributed by atoms with Crippen molar-refractivity contribution < 1.29 is 18.0 Å². The molecule has 0 bridgehead atoms. The van der Waals surface area contributed by atoms with Gasteiger partial charge in [0.05, 0.1) is 0 Å². The fourth-order valence-corrected chi connectivity index (χ4v) is 1.57. The topological polar surface area (TPSA) is 20.3 Å². The number of amides is 1. The van der Waals surface area contributed by atoms with Crippen molar-refractivity contribution in [1.82, 2.24) is 4.90 Å². The van der Waals surface area contributed by atoms with Crippen LogP contribution in [0.3, 0.4) is 0 Å². The molecule has 0 unspecified atom stereocenters. The molecule has 0 spiro atoms. The summed E-state index contributed by atoms with van der Waals surface area (Å²) in [5, 5.41) is 0. The minimum absolute atomic E-state index is 0.0564. The molecule has 100 valence electrons. The molecule has 0 atom stereocenters. The van der Waals surface area contributed by atoms with E-state index >= 15 is 0 Å². The summed E-state index contributed by atoms with van der Waals surface area (Å²) < 4.78 is 36.5. The van der Waals surface area contributed by atoms with Gasteiger partial charge in [-0.3, -0.25) is 4.79 Å². The Bertz CT molecular complexity index is 440. The Morgan fingerprint density at radius 3 is 2.33 bits per heavy atom. The van der Waals surface area contributed by atoms with Crippen LogP contribution in [0, 0.1) is 13.8 Å².